The minimum absolute atomic E-state index is 0.0836. The number of primary amides is 1. The molecule has 2 atom stereocenters. The minimum atomic E-state index is -4.91. The van der Waals surface area contributed by atoms with Gasteiger partial charge < -0.3 is 5.73 Å². The number of benzene rings is 1. The summed E-state index contributed by atoms with van der Waals surface area (Å²) in [7, 11) is 0. The Hall–Kier alpha value is -1.99. The summed E-state index contributed by atoms with van der Waals surface area (Å²) >= 11 is 0. The lowest BCUT2D eigenvalue weighted by Gasteiger charge is -2.29. The molecule has 1 aromatic carbocycles. The second-order valence-electron chi connectivity index (χ2n) is 6.61. The molecule has 1 aliphatic rings. The van der Waals surface area contributed by atoms with Gasteiger partial charge in [-0.3, -0.25) is 4.79 Å². The van der Waals surface area contributed by atoms with Crippen LogP contribution in [0.3, 0.4) is 0 Å². The van der Waals surface area contributed by atoms with E-state index in [-0.39, 0.29) is 18.1 Å². The van der Waals surface area contributed by atoms with Gasteiger partial charge in [-0.25, -0.2) is 0 Å². The molecule has 0 bridgehead atoms. The van der Waals surface area contributed by atoms with E-state index in [0.717, 1.165) is 0 Å². The first-order valence-corrected chi connectivity index (χ1v) is 7.51. The van der Waals surface area contributed by atoms with Gasteiger partial charge in [-0.2, -0.15) is 26.3 Å². The molecular weight excluding hydrogens is 348 g/mol. The van der Waals surface area contributed by atoms with Crippen molar-refractivity contribution in [2.24, 2.45) is 17.1 Å². The van der Waals surface area contributed by atoms with Crippen molar-refractivity contribution in [2.45, 2.75) is 38.5 Å². The van der Waals surface area contributed by atoms with Crippen LogP contribution in [0.2, 0.25) is 0 Å². The summed E-state index contributed by atoms with van der Waals surface area (Å²) in [5.41, 5.74) is 2.07. The maximum atomic E-state index is 12.9. The van der Waals surface area contributed by atoms with Gasteiger partial charge in [0.15, 0.2) is 0 Å². The van der Waals surface area contributed by atoms with Gasteiger partial charge in [-0.05, 0) is 48.9 Å². The van der Waals surface area contributed by atoms with Gasteiger partial charge in [0, 0.05) is 0 Å². The zero-order valence-electron chi connectivity index (χ0n) is 13.4. The Kier molecular flexibility index (Phi) is 4.69. The van der Waals surface area contributed by atoms with Crippen molar-refractivity contribution in [1.82, 2.24) is 0 Å². The van der Waals surface area contributed by atoms with Crippen molar-refractivity contribution in [3.05, 3.63) is 47.0 Å². The van der Waals surface area contributed by atoms with Gasteiger partial charge in [-0.15, -0.1) is 0 Å². The van der Waals surface area contributed by atoms with Crippen LogP contribution in [0, 0.1) is 11.3 Å². The number of carbonyl (C=O) groups excluding carboxylic acids is 1. The van der Waals surface area contributed by atoms with E-state index in [1.807, 2.05) is 0 Å². The fourth-order valence-corrected chi connectivity index (χ4v) is 3.26. The number of nitrogens with two attached hydrogens (primary N) is 1. The first-order chi connectivity index (χ1) is 11.2. The Morgan fingerprint density at radius 1 is 1.16 bits per heavy atom. The highest BCUT2D eigenvalue weighted by Crippen LogP contribution is 2.48. The topological polar surface area (TPSA) is 43.1 Å². The second kappa shape index (κ2) is 6.07. The normalized spacial score (nSPS) is 24.6. The number of alkyl halides is 6. The van der Waals surface area contributed by atoms with Crippen molar-refractivity contribution < 1.29 is 31.1 Å². The lowest BCUT2D eigenvalue weighted by Crippen LogP contribution is -2.38. The Balaban J connectivity index is 2.48. The maximum Gasteiger partial charge on any atom is 0.416 e. The van der Waals surface area contributed by atoms with Crippen LogP contribution < -0.4 is 5.73 Å². The largest absolute Gasteiger partial charge is 0.416 e. The molecule has 0 heterocycles. The Morgan fingerprint density at radius 3 is 2.04 bits per heavy atom. The monoisotopic (exact) mass is 365 g/mol. The first-order valence-electron chi connectivity index (χ1n) is 7.51. The van der Waals surface area contributed by atoms with E-state index in [2.05, 4.69) is 6.58 Å². The summed E-state index contributed by atoms with van der Waals surface area (Å²) < 4.78 is 77.7. The average molecular weight is 365 g/mol. The molecule has 2 nitrogen and oxygen atoms in total. The van der Waals surface area contributed by atoms with Gasteiger partial charge in [0.2, 0.25) is 5.91 Å². The summed E-state index contributed by atoms with van der Waals surface area (Å²) in [6.45, 7) is 5.37. The van der Waals surface area contributed by atoms with Crippen LogP contribution in [0.15, 0.2) is 30.4 Å². The van der Waals surface area contributed by atoms with Crippen molar-refractivity contribution >= 4 is 5.91 Å². The third-order valence-electron chi connectivity index (χ3n) is 4.88. The van der Waals surface area contributed by atoms with E-state index in [0.29, 0.717) is 30.5 Å². The Labute approximate surface area is 140 Å². The molecule has 8 heteroatoms. The molecular formula is C17H17F6NO. The predicted molar refractivity (Wildman–Crippen MR) is 79.3 cm³/mol. The number of rotatable bonds is 3. The minimum Gasteiger partial charge on any atom is -0.369 e. The molecule has 138 valence electrons. The van der Waals surface area contributed by atoms with Crippen LogP contribution in [0.1, 0.15) is 36.5 Å². The van der Waals surface area contributed by atoms with Crippen LogP contribution in [0.4, 0.5) is 26.3 Å². The third-order valence-corrected chi connectivity index (χ3v) is 4.88. The zero-order chi connectivity index (χ0) is 19.2. The number of carbonyl (C=O) groups is 1. The summed E-state index contributed by atoms with van der Waals surface area (Å²) in [6, 6.07) is 1.45. The SMILES string of the molecule is C=C1CCC(C)(C(N)=O)C1Cc1cc(C(F)(F)F)cc(C(F)(F)F)c1. The first kappa shape index (κ1) is 19.3. The molecule has 0 radical (unpaired) electrons. The van der Waals surface area contributed by atoms with Crippen LogP contribution in [-0.4, -0.2) is 5.91 Å². The number of hydrogen-bond acceptors (Lipinski definition) is 1. The molecule has 1 saturated carbocycles. The molecule has 2 rings (SSSR count). The van der Waals surface area contributed by atoms with Gasteiger partial charge in [0.25, 0.3) is 0 Å². The van der Waals surface area contributed by atoms with Crippen LogP contribution >= 0.6 is 0 Å². The molecule has 2 unspecified atom stereocenters. The van der Waals surface area contributed by atoms with Gasteiger partial charge in [0.05, 0.1) is 16.5 Å². The van der Waals surface area contributed by atoms with Crippen molar-refractivity contribution in [2.75, 3.05) is 0 Å². The Morgan fingerprint density at radius 2 is 1.64 bits per heavy atom. The van der Waals surface area contributed by atoms with Crippen LogP contribution in [0.5, 0.6) is 0 Å². The van der Waals surface area contributed by atoms with Crippen molar-refractivity contribution in [3.63, 3.8) is 0 Å². The molecule has 0 aromatic heterocycles. The molecule has 1 amide bonds. The lowest BCUT2D eigenvalue weighted by molar-refractivity contribution is -0.143. The zero-order valence-corrected chi connectivity index (χ0v) is 13.4. The molecule has 2 N–H and O–H groups in total. The van der Waals surface area contributed by atoms with E-state index < -0.39 is 40.7 Å². The molecule has 1 aliphatic carbocycles. The quantitative estimate of drug-likeness (QED) is 0.611. The van der Waals surface area contributed by atoms with E-state index >= 15 is 0 Å². The third kappa shape index (κ3) is 3.82. The molecule has 0 aliphatic heterocycles. The lowest BCUT2D eigenvalue weighted by atomic mass is 9.75. The van der Waals surface area contributed by atoms with E-state index in [4.69, 9.17) is 5.73 Å². The van der Waals surface area contributed by atoms with Crippen LogP contribution in [-0.2, 0) is 23.6 Å². The number of allylic oxidation sites excluding steroid dienone is 1. The van der Waals surface area contributed by atoms with Crippen molar-refractivity contribution in [1.29, 1.82) is 0 Å². The standard InChI is InChI=1S/C17H17F6NO/c1-9-3-4-15(2,14(24)25)13(9)7-10-5-11(16(18,19)20)8-12(6-10)17(21,22)23/h5-6,8,13H,1,3-4,7H2,2H3,(H2,24,25). The molecule has 25 heavy (non-hydrogen) atoms. The maximum absolute atomic E-state index is 12.9. The fraction of sp³-hybridized carbons (Fsp3) is 0.471. The van der Waals surface area contributed by atoms with Crippen LogP contribution in [0.25, 0.3) is 0 Å². The smallest absolute Gasteiger partial charge is 0.369 e. The number of amides is 1. The number of hydrogen-bond donors (Lipinski definition) is 1. The highest BCUT2D eigenvalue weighted by atomic mass is 19.4. The molecule has 1 aromatic rings. The Bertz CT molecular complexity index is 674. The molecule has 0 saturated heterocycles. The van der Waals surface area contributed by atoms with Crippen molar-refractivity contribution in [3.8, 4) is 0 Å². The summed E-state index contributed by atoms with van der Waals surface area (Å²) in [6.07, 6.45) is -9.15. The predicted octanol–water partition coefficient (Wildman–Crippen LogP) is 4.72. The second-order valence-corrected chi connectivity index (χ2v) is 6.61. The molecule has 0 spiro atoms. The van der Waals surface area contributed by atoms with E-state index in [1.165, 1.54) is 0 Å². The summed E-state index contributed by atoms with van der Waals surface area (Å²) in [4.78, 5) is 11.7. The average Bonchev–Trinajstić information content (AvgIpc) is 2.75. The number of halogens is 6. The van der Waals surface area contributed by atoms with Gasteiger partial charge in [0.1, 0.15) is 0 Å². The highest BCUT2D eigenvalue weighted by Gasteiger charge is 2.46. The fourth-order valence-electron chi connectivity index (χ4n) is 3.26. The van der Waals surface area contributed by atoms with Gasteiger partial charge >= 0.3 is 12.4 Å². The van der Waals surface area contributed by atoms with Gasteiger partial charge in [-0.1, -0.05) is 19.1 Å². The summed E-state index contributed by atoms with van der Waals surface area (Å²) in [5.74, 6) is -1.24. The van der Waals surface area contributed by atoms with E-state index in [9.17, 15) is 31.1 Å². The van der Waals surface area contributed by atoms with E-state index in [1.54, 1.807) is 6.92 Å². The summed E-state index contributed by atoms with van der Waals surface area (Å²) in [5, 5.41) is 0. The highest BCUT2D eigenvalue weighted by molar-refractivity contribution is 5.82. The molecule has 1 fully saturated rings.